The molecule has 0 saturated carbocycles. The van der Waals surface area contributed by atoms with Crippen LogP contribution in [0.5, 0.6) is 0 Å². The molecule has 130 valence electrons. The minimum atomic E-state index is -3.86. The zero-order valence-electron chi connectivity index (χ0n) is 13.9. The molecule has 0 spiro atoms. The molecule has 1 aromatic carbocycles. The van der Waals surface area contributed by atoms with Crippen LogP contribution in [0.4, 0.5) is 5.69 Å². The molecule has 3 aromatic rings. The van der Waals surface area contributed by atoms with Crippen molar-refractivity contribution in [1.82, 2.24) is 19.7 Å². The van der Waals surface area contributed by atoms with Crippen molar-refractivity contribution in [2.24, 2.45) is 7.05 Å². The summed E-state index contributed by atoms with van der Waals surface area (Å²) in [6, 6.07) is 8.74. The lowest BCUT2D eigenvalue weighted by Gasteiger charge is -2.09. The van der Waals surface area contributed by atoms with Gasteiger partial charge in [0.25, 0.3) is 10.0 Å². The Morgan fingerprint density at radius 1 is 1.20 bits per heavy atom. The highest BCUT2D eigenvalue weighted by atomic mass is 35.5. The molecule has 0 atom stereocenters. The van der Waals surface area contributed by atoms with Crippen LogP contribution < -0.4 is 4.72 Å². The Kier molecular flexibility index (Phi) is 4.49. The van der Waals surface area contributed by atoms with E-state index in [1.165, 1.54) is 4.68 Å². The molecule has 0 radical (unpaired) electrons. The van der Waals surface area contributed by atoms with Gasteiger partial charge in [-0.2, -0.15) is 5.10 Å². The van der Waals surface area contributed by atoms with E-state index in [4.69, 9.17) is 11.6 Å². The Morgan fingerprint density at radius 3 is 2.60 bits per heavy atom. The van der Waals surface area contributed by atoms with Crippen LogP contribution in [0.3, 0.4) is 0 Å². The highest BCUT2D eigenvalue weighted by molar-refractivity contribution is 7.92. The summed E-state index contributed by atoms with van der Waals surface area (Å²) >= 11 is 6.07. The highest BCUT2D eigenvalue weighted by Gasteiger charge is 2.25. The van der Waals surface area contributed by atoms with E-state index in [0.29, 0.717) is 22.9 Å². The third kappa shape index (κ3) is 3.49. The fourth-order valence-corrected chi connectivity index (χ4v) is 4.28. The SMILES string of the molecule is Cc1nccc(-c2cccc(NS(=O)(=O)c3c(C)nn(C)c3Cl)c2)n1. The Balaban J connectivity index is 1.97. The van der Waals surface area contributed by atoms with Crippen molar-refractivity contribution in [3.05, 3.63) is 53.2 Å². The van der Waals surface area contributed by atoms with E-state index in [1.54, 1.807) is 51.4 Å². The first-order valence-electron chi connectivity index (χ1n) is 7.40. The number of anilines is 1. The smallest absolute Gasteiger partial charge is 0.266 e. The van der Waals surface area contributed by atoms with E-state index in [2.05, 4.69) is 19.8 Å². The molecular weight excluding hydrogens is 362 g/mol. The van der Waals surface area contributed by atoms with Crippen LogP contribution in [0.25, 0.3) is 11.3 Å². The van der Waals surface area contributed by atoms with Crippen LogP contribution in [-0.2, 0) is 17.1 Å². The normalized spacial score (nSPS) is 11.5. The molecule has 0 aliphatic carbocycles. The molecule has 0 unspecified atom stereocenters. The topological polar surface area (TPSA) is 89.8 Å². The lowest BCUT2D eigenvalue weighted by molar-refractivity contribution is 0.600. The summed E-state index contributed by atoms with van der Waals surface area (Å²) in [6.45, 7) is 3.39. The molecule has 25 heavy (non-hydrogen) atoms. The lowest BCUT2D eigenvalue weighted by Crippen LogP contribution is -2.14. The van der Waals surface area contributed by atoms with Gasteiger partial charge in [-0.3, -0.25) is 9.40 Å². The van der Waals surface area contributed by atoms with Gasteiger partial charge < -0.3 is 0 Å². The zero-order chi connectivity index (χ0) is 18.2. The minimum Gasteiger partial charge on any atom is -0.279 e. The first-order chi connectivity index (χ1) is 11.8. The number of halogens is 1. The van der Waals surface area contributed by atoms with Gasteiger partial charge in [0.15, 0.2) is 0 Å². The Labute approximate surface area is 150 Å². The number of rotatable bonds is 4. The number of nitrogens with zero attached hydrogens (tertiary/aromatic N) is 4. The molecule has 0 fully saturated rings. The number of hydrogen-bond acceptors (Lipinski definition) is 5. The van der Waals surface area contributed by atoms with E-state index >= 15 is 0 Å². The Hall–Kier alpha value is -2.45. The van der Waals surface area contributed by atoms with Gasteiger partial charge in [-0.15, -0.1) is 0 Å². The molecule has 0 amide bonds. The largest absolute Gasteiger partial charge is 0.279 e. The maximum absolute atomic E-state index is 12.7. The lowest BCUT2D eigenvalue weighted by atomic mass is 10.1. The second-order valence-corrected chi connectivity index (χ2v) is 7.48. The van der Waals surface area contributed by atoms with Crippen molar-refractivity contribution in [2.75, 3.05) is 4.72 Å². The first-order valence-corrected chi connectivity index (χ1v) is 9.26. The third-order valence-electron chi connectivity index (χ3n) is 3.56. The molecule has 0 aliphatic rings. The fraction of sp³-hybridized carbons (Fsp3) is 0.188. The summed E-state index contributed by atoms with van der Waals surface area (Å²) in [7, 11) is -2.27. The number of hydrogen-bond donors (Lipinski definition) is 1. The maximum atomic E-state index is 12.7. The predicted molar refractivity (Wildman–Crippen MR) is 96.0 cm³/mol. The number of benzene rings is 1. The monoisotopic (exact) mass is 377 g/mol. The van der Waals surface area contributed by atoms with E-state index in [1.807, 2.05) is 6.07 Å². The number of aromatic nitrogens is 4. The van der Waals surface area contributed by atoms with Crippen molar-refractivity contribution < 1.29 is 8.42 Å². The van der Waals surface area contributed by atoms with Crippen molar-refractivity contribution in [3.63, 3.8) is 0 Å². The van der Waals surface area contributed by atoms with Gasteiger partial charge >= 0.3 is 0 Å². The third-order valence-corrected chi connectivity index (χ3v) is 5.63. The molecule has 0 bridgehead atoms. The summed E-state index contributed by atoms with van der Waals surface area (Å²) in [6.07, 6.45) is 1.66. The summed E-state index contributed by atoms with van der Waals surface area (Å²) in [4.78, 5) is 8.38. The van der Waals surface area contributed by atoms with E-state index in [9.17, 15) is 8.42 Å². The molecule has 0 saturated heterocycles. The predicted octanol–water partition coefficient (Wildman–Crippen LogP) is 2.95. The van der Waals surface area contributed by atoms with Gasteiger partial charge in [-0.25, -0.2) is 18.4 Å². The van der Waals surface area contributed by atoms with E-state index < -0.39 is 10.0 Å². The van der Waals surface area contributed by atoms with Crippen LogP contribution in [0.2, 0.25) is 5.15 Å². The Morgan fingerprint density at radius 2 is 1.96 bits per heavy atom. The second-order valence-electron chi connectivity index (χ2n) is 5.50. The van der Waals surface area contributed by atoms with E-state index in [-0.39, 0.29) is 10.0 Å². The standard InChI is InChI=1S/C16H16ClN5O2S/c1-10-15(16(17)22(3)20-10)25(23,24)21-13-6-4-5-12(9-13)14-7-8-18-11(2)19-14/h4-9,21H,1-3H3. The van der Waals surface area contributed by atoms with Crippen LogP contribution >= 0.6 is 11.6 Å². The first kappa shape index (κ1) is 17.4. The number of sulfonamides is 1. The Bertz CT molecular complexity index is 1050. The molecule has 7 nitrogen and oxygen atoms in total. The van der Waals surface area contributed by atoms with Crippen molar-refractivity contribution >= 4 is 27.3 Å². The van der Waals surface area contributed by atoms with Gasteiger partial charge in [0.2, 0.25) is 0 Å². The van der Waals surface area contributed by atoms with Gasteiger partial charge in [-0.05, 0) is 32.0 Å². The van der Waals surface area contributed by atoms with Crippen molar-refractivity contribution in [1.29, 1.82) is 0 Å². The van der Waals surface area contributed by atoms with Crippen molar-refractivity contribution in [2.45, 2.75) is 18.7 Å². The quantitative estimate of drug-likeness (QED) is 0.754. The number of nitrogens with one attached hydrogen (secondary N) is 1. The molecule has 0 aliphatic heterocycles. The van der Waals surface area contributed by atoms with Crippen LogP contribution in [0.1, 0.15) is 11.5 Å². The van der Waals surface area contributed by atoms with Gasteiger partial charge in [-0.1, -0.05) is 23.7 Å². The minimum absolute atomic E-state index is 0.0278. The average molecular weight is 378 g/mol. The van der Waals surface area contributed by atoms with Gasteiger partial charge in [0.05, 0.1) is 11.4 Å². The summed E-state index contributed by atoms with van der Waals surface area (Å²) < 4.78 is 29.2. The summed E-state index contributed by atoms with van der Waals surface area (Å²) in [5.74, 6) is 0.640. The maximum Gasteiger partial charge on any atom is 0.266 e. The molecule has 3 rings (SSSR count). The van der Waals surface area contributed by atoms with Crippen LogP contribution in [0, 0.1) is 13.8 Å². The second kappa shape index (κ2) is 6.45. The fourth-order valence-electron chi connectivity index (χ4n) is 2.48. The highest BCUT2D eigenvalue weighted by Crippen LogP contribution is 2.27. The summed E-state index contributed by atoms with van der Waals surface area (Å²) in [5, 5.41) is 4.10. The van der Waals surface area contributed by atoms with Gasteiger partial charge in [0, 0.05) is 24.5 Å². The van der Waals surface area contributed by atoms with Crippen LogP contribution in [-0.4, -0.2) is 28.2 Å². The van der Waals surface area contributed by atoms with Crippen LogP contribution in [0.15, 0.2) is 41.4 Å². The number of aryl methyl sites for hydroxylation is 3. The molecule has 2 heterocycles. The molecule has 1 N–H and O–H groups in total. The van der Waals surface area contributed by atoms with Gasteiger partial charge in [0.1, 0.15) is 15.9 Å². The molecular formula is C16H16ClN5O2S. The molecule has 9 heteroatoms. The van der Waals surface area contributed by atoms with E-state index in [0.717, 1.165) is 5.56 Å². The van der Waals surface area contributed by atoms with Crippen molar-refractivity contribution in [3.8, 4) is 11.3 Å². The summed E-state index contributed by atoms with van der Waals surface area (Å²) in [5.41, 5.74) is 2.24. The zero-order valence-corrected chi connectivity index (χ0v) is 15.4. The average Bonchev–Trinajstić information content (AvgIpc) is 2.80. The molecule has 2 aromatic heterocycles.